The van der Waals surface area contributed by atoms with Crippen LogP contribution in [0.15, 0.2) is 29.2 Å². The van der Waals surface area contributed by atoms with Crippen molar-refractivity contribution in [3.8, 4) is 0 Å². The summed E-state index contributed by atoms with van der Waals surface area (Å²) >= 11 is 1.68. The van der Waals surface area contributed by atoms with Gasteiger partial charge >= 0.3 is 0 Å². The van der Waals surface area contributed by atoms with Crippen LogP contribution in [-0.2, 0) is 20.5 Å². The predicted octanol–water partition coefficient (Wildman–Crippen LogP) is 2.35. The maximum Gasteiger partial charge on any atom is 0.243 e. The number of rotatable bonds is 4. The molecule has 112 valence electrons. The lowest BCUT2D eigenvalue weighted by atomic mass is 10.2. The molecule has 1 aliphatic heterocycles. The SMILES string of the molecule is CSCc1cccc(S(=O)(=O)N2CC(C)OC(C)C2)c1. The fourth-order valence-corrected chi connectivity index (χ4v) is 4.61. The van der Waals surface area contributed by atoms with Crippen LogP contribution in [0.4, 0.5) is 0 Å². The first-order valence-corrected chi connectivity index (χ1v) is 9.50. The highest BCUT2D eigenvalue weighted by atomic mass is 32.2. The number of morpholine rings is 1. The molecule has 1 aliphatic rings. The Morgan fingerprint density at radius 3 is 2.55 bits per heavy atom. The van der Waals surface area contributed by atoms with E-state index in [1.807, 2.05) is 32.2 Å². The van der Waals surface area contributed by atoms with E-state index in [9.17, 15) is 8.42 Å². The molecular formula is C14H21NO3S2. The van der Waals surface area contributed by atoms with Gasteiger partial charge in [0.1, 0.15) is 0 Å². The molecule has 1 heterocycles. The maximum atomic E-state index is 12.7. The number of thioether (sulfide) groups is 1. The minimum absolute atomic E-state index is 0.0668. The zero-order valence-corrected chi connectivity index (χ0v) is 13.7. The number of hydrogen-bond donors (Lipinski definition) is 0. The van der Waals surface area contributed by atoms with Crippen LogP contribution in [0.25, 0.3) is 0 Å². The predicted molar refractivity (Wildman–Crippen MR) is 82.4 cm³/mol. The zero-order valence-electron chi connectivity index (χ0n) is 12.1. The van der Waals surface area contributed by atoms with Crippen molar-refractivity contribution in [2.24, 2.45) is 0 Å². The van der Waals surface area contributed by atoms with Crippen molar-refractivity contribution < 1.29 is 13.2 Å². The standard InChI is InChI=1S/C14H21NO3S2/c1-11-8-15(9-12(2)18-11)20(16,17)14-6-4-5-13(7-14)10-19-3/h4-7,11-12H,8-10H2,1-3H3. The van der Waals surface area contributed by atoms with Gasteiger partial charge in [-0.05, 0) is 37.8 Å². The summed E-state index contributed by atoms with van der Waals surface area (Å²) in [6.07, 6.45) is 1.87. The second kappa shape index (κ2) is 6.47. The second-order valence-corrected chi connectivity index (χ2v) is 7.96. The average molecular weight is 315 g/mol. The highest BCUT2D eigenvalue weighted by Gasteiger charge is 2.32. The topological polar surface area (TPSA) is 46.6 Å². The summed E-state index contributed by atoms with van der Waals surface area (Å²) in [5.41, 5.74) is 1.04. The molecule has 20 heavy (non-hydrogen) atoms. The average Bonchev–Trinajstić information content (AvgIpc) is 2.38. The summed E-state index contributed by atoms with van der Waals surface area (Å²) in [5.74, 6) is 0.819. The molecule has 0 amide bonds. The van der Waals surface area contributed by atoms with Gasteiger partial charge in [0.25, 0.3) is 0 Å². The zero-order chi connectivity index (χ0) is 14.8. The third-order valence-electron chi connectivity index (χ3n) is 3.23. The molecule has 2 unspecified atom stereocenters. The van der Waals surface area contributed by atoms with Crippen molar-refractivity contribution in [2.45, 2.75) is 36.7 Å². The van der Waals surface area contributed by atoms with E-state index < -0.39 is 10.0 Å². The second-order valence-electron chi connectivity index (χ2n) is 5.16. The Hall–Kier alpha value is -0.560. The van der Waals surface area contributed by atoms with E-state index >= 15 is 0 Å². The summed E-state index contributed by atoms with van der Waals surface area (Å²) < 4.78 is 32.5. The lowest BCUT2D eigenvalue weighted by molar-refractivity contribution is -0.0440. The molecule has 0 N–H and O–H groups in total. The number of ether oxygens (including phenoxy) is 1. The van der Waals surface area contributed by atoms with Crippen LogP contribution in [0.3, 0.4) is 0 Å². The fourth-order valence-electron chi connectivity index (χ4n) is 2.44. The highest BCUT2D eigenvalue weighted by Crippen LogP contribution is 2.22. The largest absolute Gasteiger partial charge is 0.373 e. The van der Waals surface area contributed by atoms with Crippen LogP contribution in [0.2, 0.25) is 0 Å². The third-order valence-corrected chi connectivity index (χ3v) is 5.68. The molecule has 0 spiro atoms. The quantitative estimate of drug-likeness (QED) is 0.856. The molecule has 1 aromatic carbocycles. The molecule has 1 saturated heterocycles. The first kappa shape index (κ1) is 15.8. The van der Waals surface area contributed by atoms with Crippen molar-refractivity contribution in [2.75, 3.05) is 19.3 Å². The molecule has 0 bridgehead atoms. The number of nitrogens with zero attached hydrogens (tertiary/aromatic N) is 1. The van der Waals surface area contributed by atoms with Gasteiger partial charge in [0.05, 0.1) is 17.1 Å². The molecule has 4 nitrogen and oxygen atoms in total. The van der Waals surface area contributed by atoms with Gasteiger partial charge in [-0.25, -0.2) is 8.42 Å². The first-order chi connectivity index (χ1) is 9.43. The van der Waals surface area contributed by atoms with E-state index in [0.717, 1.165) is 11.3 Å². The normalized spacial score (nSPS) is 24.8. The molecule has 6 heteroatoms. The molecule has 1 aromatic rings. The highest BCUT2D eigenvalue weighted by molar-refractivity contribution is 7.97. The number of benzene rings is 1. The smallest absolute Gasteiger partial charge is 0.243 e. The van der Waals surface area contributed by atoms with Crippen LogP contribution >= 0.6 is 11.8 Å². The van der Waals surface area contributed by atoms with E-state index in [1.165, 1.54) is 4.31 Å². The van der Waals surface area contributed by atoms with Gasteiger partial charge in [-0.3, -0.25) is 0 Å². The Bertz CT molecular complexity index is 549. The van der Waals surface area contributed by atoms with Crippen LogP contribution < -0.4 is 0 Å². The Labute approximate surface area is 125 Å². The van der Waals surface area contributed by atoms with Gasteiger partial charge in [-0.1, -0.05) is 12.1 Å². The molecule has 0 aliphatic carbocycles. The minimum Gasteiger partial charge on any atom is -0.373 e. The van der Waals surface area contributed by atoms with Gasteiger partial charge in [-0.2, -0.15) is 16.1 Å². The molecule has 0 radical (unpaired) electrons. The lowest BCUT2D eigenvalue weighted by Crippen LogP contribution is -2.48. The minimum atomic E-state index is -3.42. The van der Waals surface area contributed by atoms with Gasteiger partial charge in [0.15, 0.2) is 0 Å². The molecular weight excluding hydrogens is 294 g/mol. The van der Waals surface area contributed by atoms with Gasteiger partial charge in [0.2, 0.25) is 10.0 Å². The van der Waals surface area contributed by atoms with Crippen molar-refractivity contribution >= 4 is 21.8 Å². The lowest BCUT2D eigenvalue weighted by Gasteiger charge is -2.34. The molecule has 2 rings (SSSR count). The van der Waals surface area contributed by atoms with Gasteiger partial charge < -0.3 is 4.74 Å². The Morgan fingerprint density at radius 2 is 1.95 bits per heavy atom. The third kappa shape index (κ3) is 3.55. The maximum absolute atomic E-state index is 12.7. The molecule has 0 saturated carbocycles. The summed E-state index contributed by atoms with van der Waals surface area (Å²) in [6.45, 7) is 4.64. The van der Waals surface area contributed by atoms with E-state index in [-0.39, 0.29) is 12.2 Å². The molecule has 1 fully saturated rings. The Balaban J connectivity index is 2.27. The van der Waals surface area contributed by atoms with Crippen LogP contribution in [0, 0.1) is 0 Å². The van der Waals surface area contributed by atoms with E-state index in [4.69, 9.17) is 4.74 Å². The Morgan fingerprint density at radius 1 is 1.30 bits per heavy atom. The molecule has 0 aromatic heterocycles. The van der Waals surface area contributed by atoms with E-state index in [2.05, 4.69) is 0 Å². The van der Waals surface area contributed by atoms with Crippen LogP contribution in [0.5, 0.6) is 0 Å². The van der Waals surface area contributed by atoms with Crippen molar-refractivity contribution in [3.63, 3.8) is 0 Å². The summed E-state index contributed by atoms with van der Waals surface area (Å²) in [7, 11) is -3.42. The first-order valence-electron chi connectivity index (χ1n) is 6.67. The van der Waals surface area contributed by atoms with Gasteiger partial charge in [-0.15, -0.1) is 0 Å². The van der Waals surface area contributed by atoms with Crippen LogP contribution in [0.1, 0.15) is 19.4 Å². The van der Waals surface area contributed by atoms with Crippen molar-refractivity contribution in [1.82, 2.24) is 4.31 Å². The number of sulfonamides is 1. The number of hydrogen-bond acceptors (Lipinski definition) is 4. The summed E-state index contributed by atoms with van der Waals surface area (Å²) in [6, 6.07) is 7.21. The Kier molecular flexibility index (Phi) is 5.12. The van der Waals surface area contributed by atoms with Gasteiger partial charge in [0, 0.05) is 18.8 Å². The van der Waals surface area contributed by atoms with Crippen molar-refractivity contribution in [1.29, 1.82) is 0 Å². The summed E-state index contributed by atoms with van der Waals surface area (Å²) in [5, 5.41) is 0. The van der Waals surface area contributed by atoms with E-state index in [1.54, 1.807) is 23.9 Å². The monoisotopic (exact) mass is 315 g/mol. The molecule has 2 atom stereocenters. The fraction of sp³-hybridized carbons (Fsp3) is 0.571. The van der Waals surface area contributed by atoms with E-state index in [0.29, 0.717) is 18.0 Å². The summed E-state index contributed by atoms with van der Waals surface area (Å²) in [4.78, 5) is 0.380. The van der Waals surface area contributed by atoms with Crippen molar-refractivity contribution in [3.05, 3.63) is 29.8 Å². The van der Waals surface area contributed by atoms with Crippen LogP contribution in [-0.4, -0.2) is 44.3 Å².